The Morgan fingerprint density at radius 3 is 2.48 bits per heavy atom. The Morgan fingerprint density at radius 1 is 1.26 bits per heavy atom. The Hall–Kier alpha value is -2.26. The van der Waals surface area contributed by atoms with Gasteiger partial charge in [0.05, 0.1) is 20.1 Å². The lowest BCUT2D eigenvalue weighted by Gasteiger charge is -2.03. The molecule has 2 rings (SSSR count). The predicted molar refractivity (Wildman–Crippen MR) is 91.7 cm³/mol. The van der Waals surface area contributed by atoms with Crippen LogP contribution in [-0.2, 0) is 0 Å². The first-order chi connectivity index (χ1) is 10.9. The van der Waals surface area contributed by atoms with Gasteiger partial charge >= 0.3 is 0 Å². The minimum absolute atomic E-state index is 0.0473. The van der Waals surface area contributed by atoms with Crippen molar-refractivity contribution >= 4 is 49.7 Å². The largest absolute Gasteiger partial charge is 0.506 e. The molecule has 2 aromatic rings. The van der Waals surface area contributed by atoms with Crippen molar-refractivity contribution in [2.75, 3.05) is 0 Å². The van der Waals surface area contributed by atoms with E-state index in [9.17, 15) is 20.0 Å². The van der Waals surface area contributed by atoms with Gasteiger partial charge in [0.1, 0.15) is 11.3 Å². The highest BCUT2D eigenvalue weighted by atomic mass is 79.9. The lowest BCUT2D eigenvalue weighted by atomic mass is 10.2. The van der Waals surface area contributed by atoms with Gasteiger partial charge in [0.15, 0.2) is 0 Å². The highest BCUT2D eigenvalue weighted by Gasteiger charge is 2.18. The number of benzene rings is 2. The number of hydrazone groups is 1. The van der Waals surface area contributed by atoms with E-state index in [4.69, 9.17) is 0 Å². The minimum atomic E-state index is -0.689. The summed E-state index contributed by atoms with van der Waals surface area (Å²) in [5, 5.41) is 24.2. The molecule has 0 spiro atoms. The molecule has 0 aliphatic carbocycles. The summed E-state index contributed by atoms with van der Waals surface area (Å²) in [4.78, 5) is 22.2. The Bertz CT molecular complexity index is 785. The molecular formula is C14H9Br2N3O4. The fourth-order valence-electron chi connectivity index (χ4n) is 1.71. The number of para-hydroxylation sites is 1. The molecule has 0 aromatic heterocycles. The van der Waals surface area contributed by atoms with Crippen molar-refractivity contribution in [3.05, 3.63) is 66.6 Å². The Labute approximate surface area is 147 Å². The summed E-state index contributed by atoms with van der Waals surface area (Å²) < 4.78 is 0.914. The lowest BCUT2D eigenvalue weighted by Crippen LogP contribution is -2.18. The fourth-order valence-corrected chi connectivity index (χ4v) is 2.93. The number of nitro benzene ring substituents is 1. The van der Waals surface area contributed by atoms with Crippen LogP contribution in [0.3, 0.4) is 0 Å². The summed E-state index contributed by atoms with van der Waals surface area (Å²) in [7, 11) is 0. The fraction of sp³-hybridized carbons (Fsp3) is 0. The Kier molecular flexibility index (Phi) is 5.45. The van der Waals surface area contributed by atoms with Crippen LogP contribution in [0.5, 0.6) is 5.75 Å². The van der Waals surface area contributed by atoms with Crippen LogP contribution in [0.4, 0.5) is 5.69 Å². The third kappa shape index (κ3) is 4.14. The summed E-state index contributed by atoms with van der Waals surface area (Å²) in [6, 6.07) is 8.79. The van der Waals surface area contributed by atoms with Crippen LogP contribution >= 0.6 is 31.9 Å². The molecular weight excluding hydrogens is 434 g/mol. The Morgan fingerprint density at radius 2 is 1.87 bits per heavy atom. The highest BCUT2D eigenvalue weighted by Crippen LogP contribution is 2.32. The van der Waals surface area contributed by atoms with Crippen LogP contribution in [0.2, 0.25) is 0 Å². The average molecular weight is 443 g/mol. The molecule has 2 N–H and O–H groups in total. The standard InChI is InChI=1S/C14H9Br2N3O4/c15-10-5-8(6-11(16)13(10)20)7-17-18-14(21)9-3-1-2-4-12(9)19(22)23/h1-7,20H,(H,18,21). The van der Waals surface area contributed by atoms with Crippen LogP contribution in [0.15, 0.2) is 50.4 Å². The van der Waals surface area contributed by atoms with E-state index in [2.05, 4.69) is 42.4 Å². The number of carbonyl (C=O) groups excluding carboxylic acids is 1. The number of nitrogens with one attached hydrogen (secondary N) is 1. The van der Waals surface area contributed by atoms with E-state index in [-0.39, 0.29) is 17.0 Å². The number of phenols is 1. The molecule has 0 bridgehead atoms. The number of aromatic hydroxyl groups is 1. The zero-order chi connectivity index (χ0) is 17.0. The molecule has 0 aliphatic rings. The number of phenolic OH excluding ortho intramolecular Hbond substituents is 1. The SMILES string of the molecule is O=C(NN=Cc1cc(Br)c(O)c(Br)c1)c1ccccc1[N+](=O)[O-]. The maximum absolute atomic E-state index is 12.0. The number of halogens is 2. The van der Waals surface area contributed by atoms with Gasteiger partial charge in [-0.3, -0.25) is 14.9 Å². The second-order valence-electron chi connectivity index (χ2n) is 4.31. The molecule has 1 amide bonds. The topological polar surface area (TPSA) is 105 Å². The van der Waals surface area contributed by atoms with Crippen LogP contribution in [0, 0.1) is 10.1 Å². The smallest absolute Gasteiger partial charge is 0.282 e. The van der Waals surface area contributed by atoms with Gasteiger partial charge in [-0.2, -0.15) is 5.10 Å². The maximum Gasteiger partial charge on any atom is 0.282 e. The molecule has 0 unspecified atom stereocenters. The van der Waals surface area contributed by atoms with Crippen LogP contribution in [-0.4, -0.2) is 22.2 Å². The van der Waals surface area contributed by atoms with Gasteiger partial charge in [-0.15, -0.1) is 0 Å². The number of hydrogen-bond donors (Lipinski definition) is 2. The minimum Gasteiger partial charge on any atom is -0.506 e. The summed E-state index contributed by atoms with van der Waals surface area (Å²) in [5.41, 5.74) is 2.45. The first-order valence-electron chi connectivity index (χ1n) is 6.15. The second-order valence-corrected chi connectivity index (χ2v) is 6.02. The van der Waals surface area contributed by atoms with Gasteiger partial charge in [-0.1, -0.05) is 12.1 Å². The molecule has 23 heavy (non-hydrogen) atoms. The quantitative estimate of drug-likeness (QED) is 0.428. The highest BCUT2D eigenvalue weighted by molar-refractivity contribution is 9.11. The molecule has 0 radical (unpaired) electrons. The van der Waals surface area contributed by atoms with Crippen molar-refractivity contribution in [2.45, 2.75) is 0 Å². The van der Waals surface area contributed by atoms with Gasteiger partial charge in [0.25, 0.3) is 11.6 Å². The third-order valence-electron chi connectivity index (χ3n) is 2.76. The lowest BCUT2D eigenvalue weighted by molar-refractivity contribution is -0.385. The Balaban J connectivity index is 2.15. The van der Waals surface area contributed by atoms with Crippen LogP contribution < -0.4 is 5.43 Å². The van der Waals surface area contributed by atoms with Crippen molar-refractivity contribution in [3.63, 3.8) is 0 Å². The molecule has 2 aromatic carbocycles. The number of nitrogens with zero attached hydrogens (tertiary/aromatic N) is 2. The molecule has 0 aliphatic heterocycles. The number of hydrogen-bond acceptors (Lipinski definition) is 5. The summed E-state index contributed by atoms with van der Waals surface area (Å²) in [5.74, 6) is -0.642. The van der Waals surface area contributed by atoms with Gasteiger partial charge in [0, 0.05) is 6.07 Å². The second kappa shape index (κ2) is 7.34. The summed E-state index contributed by atoms with van der Waals surface area (Å²) >= 11 is 6.35. The zero-order valence-corrected chi connectivity index (χ0v) is 14.5. The molecule has 0 heterocycles. The maximum atomic E-state index is 12.0. The molecule has 7 nitrogen and oxygen atoms in total. The van der Waals surface area contributed by atoms with Gasteiger partial charge in [-0.25, -0.2) is 5.43 Å². The van der Waals surface area contributed by atoms with E-state index in [0.29, 0.717) is 14.5 Å². The number of carbonyl (C=O) groups is 1. The number of rotatable bonds is 4. The van der Waals surface area contributed by atoms with Crippen molar-refractivity contribution in [2.24, 2.45) is 5.10 Å². The molecule has 9 heteroatoms. The van der Waals surface area contributed by atoms with E-state index < -0.39 is 10.8 Å². The molecule has 118 valence electrons. The van der Waals surface area contributed by atoms with Crippen molar-refractivity contribution in [1.82, 2.24) is 5.43 Å². The van der Waals surface area contributed by atoms with Crippen LogP contribution in [0.25, 0.3) is 0 Å². The first-order valence-corrected chi connectivity index (χ1v) is 7.73. The zero-order valence-electron chi connectivity index (χ0n) is 11.4. The number of amides is 1. The molecule has 0 fully saturated rings. The molecule has 0 saturated heterocycles. The summed E-state index contributed by atoms with van der Waals surface area (Å²) in [6.07, 6.45) is 1.35. The normalized spacial score (nSPS) is 10.7. The van der Waals surface area contributed by atoms with Crippen molar-refractivity contribution < 1.29 is 14.8 Å². The number of nitro groups is 1. The van der Waals surface area contributed by atoms with Crippen LogP contribution in [0.1, 0.15) is 15.9 Å². The molecule has 0 saturated carbocycles. The van der Waals surface area contributed by atoms with E-state index in [0.717, 1.165) is 0 Å². The first kappa shape index (κ1) is 17.1. The van der Waals surface area contributed by atoms with Gasteiger partial charge in [0.2, 0.25) is 0 Å². The van der Waals surface area contributed by atoms with Gasteiger partial charge in [-0.05, 0) is 55.6 Å². The molecule has 0 atom stereocenters. The van der Waals surface area contributed by atoms with Crippen molar-refractivity contribution in [3.8, 4) is 5.75 Å². The third-order valence-corrected chi connectivity index (χ3v) is 3.97. The van der Waals surface area contributed by atoms with E-state index >= 15 is 0 Å². The predicted octanol–water partition coefficient (Wildman–Crippen LogP) is 3.59. The van der Waals surface area contributed by atoms with Crippen molar-refractivity contribution in [1.29, 1.82) is 0 Å². The van der Waals surface area contributed by atoms with E-state index in [1.807, 2.05) is 0 Å². The summed E-state index contributed by atoms with van der Waals surface area (Å²) in [6.45, 7) is 0. The van der Waals surface area contributed by atoms with E-state index in [1.165, 1.54) is 30.5 Å². The average Bonchev–Trinajstić information content (AvgIpc) is 2.52. The van der Waals surface area contributed by atoms with E-state index in [1.54, 1.807) is 12.1 Å². The monoisotopic (exact) mass is 441 g/mol. The van der Waals surface area contributed by atoms with Gasteiger partial charge < -0.3 is 5.11 Å².